The van der Waals surface area contributed by atoms with Crippen molar-refractivity contribution in [1.29, 1.82) is 0 Å². The molecule has 0 fully saturated rings. The van der Waals surface area contributed by atoms with Crippen molar-refractivity contribution in [3.05, 3.63) is 121 Å². The van der Waals surface area contributed by atoms with E-state index in [4.69, 9.17) is 4.98 Å². The normalized spacial score (nSPS) is 11.7. The molecule has 5 heterocycles. The van der Waals surface area contributed by atoms with E-state index in [1.54, 1.807) is 11.3 Å². The van der Waals surface area contributed by atoms with Crippen LogP contribution in [0.25, 0.3) is 71.1 Å². The molecule has 5 heteroatoms. The summed E-state index contributed by atoms with van der Waals surface area (Å²) in [6.07, 6.45) is 3.62. The third-order valence-corrected chi connectivity index (χ3v) is 8.09. The van der Waals surface area contributed by atoms with E-state index in [9.17, 15) is 0 Å². The molecule has 0 radical (unpaired) electrons. The van der Waals surface area contributed by atoms with E-state index in [1.807, 2.05) is 48.8 Å². The molecule has 0 unspecified atom stereocenters. The van der Waals surface area contributed by atoms with Gasteiger partial charge in [0, 0.05) is 28.6 Å². The first-order valence-electron chi connectivity index (χ1n) is 12.5. The van der Waals surface area contributed by atoms with Crippen LogP contribution in [0.5, 0.6) is 0 Å². The summed E-state index contributed by atoms with van der Waals surface area (Å²) in [5.74, 6) is 0. The second-order valence-corrected chi connectivity index (χ2v) is 10.2. The number of hydrogen-bond acceptors (Lipinski definition) is 4. The Kier molecular flexibility index (Phi) is 4.66. The Hall–Kier alpha value is -4.87. The SMILES string of the molecule is c1ccc(-c2cc(-n3c4ccccc4c4c5ccccc5c5ccsc5c43)cc(-c3ccccn3)n2)nc1. The molecule has 0 spiro atoms. The van der Waals surface area contributed by atoms with Crippen LogP contribution >= 0.6 is 11.3 Å². The van der Waals surface area contributed by atoms with Crippen LogP contribution in [-0.4, -0.2) is 19.5 Å². The van der Waals surface area contributed by atoms with E-state index >= 15 is 0 Å². The number of benzene rings is 3. The molecule has 0 N–H and O–H groups in total. The van der Waals surface area contributed by atoms with Crippen molar-refractivity contribution in [2.75, 3.05) is 0 Å². The van der Waals surface area contributed by atoms with Gasteiger partial charge < -0.3 is 4.57 Å². The molecule has 5 aromatic heterocycles. The van der Waals surface area contributed by atoms with Gasteiger partial charge in [-0.1, -0.05) is 54.6 Å². The van der Waals surface area contributed by atoms with Crippen LogP contribution in [0.4, 0.5) is 0 Å². The second-order valence-electron chi connectivity index (χ2n) is 9.31. The van der Waals surface area contributed by atoms with Crippen LogP contribution < -0.4 is 0 Å². The van der Waals surface area contributed by atoms with Crippen molar-refractivity contribution in [1.82, 2.24) is 19.5 Å². The van der Waals surface area contributed by atoms with Crippen LogP contribution in [0.2, 0.25) is 0 Å². The lowest BCUT2D eigenvalue weighted by atomic mass is 10.0. The molecule has 178 valence electrons. The number of thiophene rings is 1. The van der Waals surface area contributed by atoms with E-state index in [1.165, 1.54) is 42.7 Å². The van der Waals surface area contributed by atoms with E-state index in [0.29, 0.717) is 0 Å². The van der Waals surface area contributed by atoms with Crippen LogP contribution in [-0.2, 0) is 0 Å². The van der Waals surface area contributed by atoms with Gasteiger partial charge in [0.2, 0.25) is 0 Å². The van der Waals surface area contributed by atoms with E-state index in [-0.39, 0.29) is 0 Å². The molecule has 0 amide bonds. The minimum atomic E-state index is 0.817. The summed E-state index contributed by atoms with van der Waals surface area (Å²) in [4.78, 5) is 14.3. The predicted molar refractivity (Wildman–Crippen MR) is 158 cm³/mol. The predicted octanol–water partition coefficient (Wildman–Crippen LogP) is 8.67. The van der Waals surface area contributed by atoms with Crippen molar-refractivity contribution >= 4 is 54.0 Å². The summed E-state index contributed by atoms with van der Waals surface area (Å²) in [7, 11) is 0. The van der Waals surface area contributed by atoms with E-state index < -0.39 is 0 Å². The molecule has 0 saturated carbocycles. The lowest BCUT2D eigenvalue weighted by molar-refractivity contribution is 1.15. The Morgan fingerprint density at radius 1 is 0.553 bits per heavy atom. The zero-order chi connectivity index (χ0) is 25.1. The quantitative estimate of drug-likeness (QED) is 0.242. The summed E-state index contributed by atoms with van der Waals surface area (Å²) in [5.41, 5.74) is 6.73. The number of hydrogen-bond donors (Lipinski definition) is 0. The van der Waals surface area contributed by atoms with Gasteiger partial charge in [-0.05, 0) is 64.7 Å². The zero-order valence-corrected chi connectivity index (χ0v) is 21.1. The van der Waals surface area contributed by atoms with Crippen molar-refractivity contribution in [3.63, 3.8) is 0 Å². The molecular weight excluding hydrogens is 484 g/mol. The number of nitrogens with zero attached hydrogens (tertiary/aromatic N) is 4. The van der Waals surface area contributed by atoms with Gasteiger partial charge in [0.25, 0.3) is 0 Å². The fourth-order valence-electron chi connectivity index (χ4n) is 5.57. The minimum absolute atomic E-state index is 0.817. The molecule has 0 aliphatic carbocycles. The molecule has 4 nitrogen and oxygen atoms in total. The molecule has 8 aromatic rings. The highest BCUT2D eigenvalue weighted by Gasteiger charge is 2.20. The second kappa shape index (κ2) is 8.33. The van der Waals surface area contributed by atoms with Crippen molar-refractivity contribution < 1.29 is 0 Å². The first-order valence-corrected chi connectivity index (χ1v) is 13.4. The Bertz CT molecular complexity index is 2070. The van der Waals surface area contributed by atoms with Crippen LogP contribution in [0.3, 0.4) is 0 Å². The van der Waals surface area contributed by atoms with Gasteiger partial charge in [0.15, 0.2) is 0 Å². The van der Waals surface area contributed by atoms with Crippen LogP contribution in [0, 0.1) is 0 Å². The van der Waals surface area contributed by atoms with Gasteiger partial charge in [-0.25, -0.2) is 4.98 Å². The lowest BCUT2D eigenvalue weighted by Gasteiger charge is -2.13. The van der Waals surface area contributed by atoms with Crippen LogP contribution in [0.1, 0.15) is 0 Å². The maximum Gasteiger partial charge on any atom is 0.0915 e. The molecule has 0 saturated heterocycles. The highest BCUT2D eigenvalue weighted by molar-refractivity contribution is 7.18. The fourth-order valence-corrected chi connectivity index (χ4v) is 6.52. The molecule has 0 bridgehead atoms. The minimum Gasteiger partial charge on any atom is -0.308 e. The number of aromatic nitrogens is 4. The number of pyridine rings is 3. The first kappa shape index (κ1) is 21.2. The highest BCUT2D eigenvalue weighted by Crippen LogP contribution is 2.44. The van der Waals surface area contributed by atoms with Gasteiger partial charge in [0.1, 0.15) is 0 Å². The van der Waals surface area contributed by atoms with Gasteiger partial charge in [-0.15, -0.1) is 11.3 Å². The Morgan fingerprint density at radius 3 is 1.87 bits per heavy atom. The molecule has 3 aromatic carbocycles. The largest absolute Gasteiger partial charge is 0.308 e. The topological polar surface area (TPSA) is 43.6 Å². The van der Waals surface area contributed by atoms with Gasteiger partial charge >= 0.3 is 0 Å². The third-order valence-electron chi connectivity index (χ3n) is 7.16. The molecule has 0 atom stereocenters. The molecule has 8 rings (SSSR count). The van der Waals surface area contributed by atoms with Gasteiger partial charge in [-0.2, -0.15) is 0 Å². The standard InChI is InChI=1S/C33H20N4S/c1-2-10-23-22(9-1)24-15-18-38-33(24)32-31(23)25-11-3-4-14-30(25)37(32)21-19-28(26-12-5-7-16-34-26)36-29(20-21)27-13-6-8-17-35-27/h1-20H. The summed E-state index contributed by atoms with van der Waals surface area (Å²) in [6.45, 7) is 0. The average Bonchev–Trinajstić information content (AvgIpc) is 3.62. The van der Waals surface area contributed by atoms with Crippen molar-refractivity contribution in [2.45, 2.75) is 0 Å². The number of rotatable bonds is 3. The Balaban J connectivity index is 1.56. The van der Waals surface area contributed by atoms with Gasteiger partial charge in [0.05, 0.1) is 44.2 Å². The zero-order valence-electron chi connectivity index (χ0n) is 20.2. The average molecular weight is 505 g/mol. The highest BCUT2D eigenvalue weighted by atomic mass is 32.1. The number of fused-ring (bicyclic) bond motifs is 8. The summed E-state index contributed by atoms with van der Waals surface area (Å²) >= 11 is 1.80. The summed E-state index contributed by atoms with van der Waals surface area (Å²) in [5, 5.41) is 8.56. The summed E-state index contributed by atoms with van der Waals surface area (Å²) < 4.78 is 3.68. The van der Waals surface area contributed by atoms with E-state index in [2.05, 4.69) is 86.6 Å². The number of para-hydroxylation sites is 1. The molecule has 0 aliphatic heterocycles. The summed E-state index contributed by atoms with van der Waals surface area (Å²) in [6, 6.07) is 35.9. The van der Waals surface area contributed by atoms with Crippen LogP contribution in [0.15, 0.2) is 121 Å². The van der Waals surface area contributed by atoms with E-state index in [0.717, 1.165) is 28.5 Å². The lowest BCUT2D eigenvalue weighted by Crippen LogP contribution is -1.99. The molecule has 0 aliphatic rings. The van der Waals surface area contributed by atoms with Gasteiger partial charge in [-0.3, -0.25) is 9.97 Å². The molecular formula is C33H20N4S. The Labute approximate surface area is 222 Å². The molecule has 38 heavy (non-hydrogen) atoms. The monoisotopic (exact) mass is 504 g/mol. The maximum absolute atomic E-state index is 5.01. The third kappa shape index (κ3) is 3.12. The smallest absolute Gasteiger partial charge is 0.0915 e. The van der Waals surface area contributed by atoms with Crippen molar-refractivity contribution in [2.24, 2.45) is 0 Å². The first-order chi connectivity index (χ1) is 18.9. The Morgan fingerprint density at radius 2 is 1.18 bits per heavy atom. The van der Waals surface area contributed by atoms with Crippen molar-refractivity contribution in [3.8, 4) is 28.5 Å². The fraction of sp³-hybridized carbons (Fsp3) is 0. The maximum atomic E-state index is 5.01.